The van der Waals surface area contributed by atoms with Crippen molar-refractivity contribution in [2.45, 2.75) is 46.3 Å². The van der Waals surface area contributed by atoms with Crippen LogP contribution in [-0.2, 0) is 6.54 Å². The van der Waals surface area contributed by atoms with E-state index in [-0.39, 0.29) is 0 Å². The minimum atomic E-state index is 0.645. The SMILES string of the molecule is Cc1ccsc1CN1CC(C(C)C)NCC1C. The van der Waals surface area contributed by atoms with E-state index in [1.54, 1.807) is 0 Å². The number of hydrogen-bond donors (Lipinski definition) is 1. The Morgan fingerprint density at radius 2 is 2.29 bits per heavy atom. The fourth-order valence-corrected chi connectivity index (χ4v) is 3.30. The molecule has 1 N–H and O–H groups in total. The van der Waals surface area contributed by atoms with Gasteiger partial charge in [0.1, 0.15) is 0 Å². The van der Waals surface area contributed by atoms with Crippen LogP contribution in [0.25, 0.3) is 0 Å². The fourth-order valence-electron chi connectivity index (χ4n) is 2.37. The molecule has 1 fully saturated rings. The molecule has 0 spiro atoms. The second-order valence-electron chi connectivity index (χ2n) is 5.56. The zero-order valence-electron chi connectivity index (χ0n) is 11.4. The third-order valence-corrected chi connectivity index (χ3v) is 4.86. The molecule has 0 saturated carbocycles. The number of thiophene rings is 1. The summed E-state index contributed by atoms with van der Waals surface area (Å²) in [6.07, 6.45) is 0. The lowest BCUT2D eigenvalue weighted by atomic mass is 9.99. The first-order valence-electron chi connectivity index (χ1n) is 6.58. The number of hydrogen-bond acceptors (Lipinski definition) is 3. The van der Waals surface area contributed by atoms with Crippen LogP contribution in [0, 0.1) is 12.8 Å². The van der Waals surface area contributed by atoms with Gasteiger partial charge in [-0.15, -0.1) is 11.3 Å². The maximum atomic E-state index is 3.65. The molecule has 17 heavy (non-hydrogen) atoms. The Labute approximate surface area is 109 Å². The van der Waals surface area contributed by atoms with E-state index >= 15 is 0 Å². The van der Waals surface area contributed by atoms with Crippen LogP contribution in [0.15, 0.2) is 11.4 Å². The summed E-state index contributed by atoms with van der Waals surface area (Å²) in [5.74, 6) is 0.717. The van der Waals surface area contributed by atoms with E-state index in [2.05, 4.69) is 49.4 Å². The van der Waals surface area contributed by atoms with E-state index in [0.29, 0.717) is 12.1 Å². The lowest BCUT2D eigenvalue weighted by Crippen LogP contribution is -2.56. The lowest BCUT2D eigenvalue weighted by Gasteiger charge is -2.40. The summed E-state index contributed by atoms with van der Waals surface area (Å²) in [4.78, 5) is 4.15. The van der Waals surface area contributed by atoms with E-state index in [1.165, 1.54) is 17.0 Å². The van der Waals surface area contributed by atoms with Crippen LogP contribution in [0.4, 0.5) is 0 Å². The molecule has 1 aromatic heterocycles. The van der Waals surface area contributed by atoms with Gasteiger partial charge in [0.15, 0.2) is 0 Å². The van der Waals surface area contributed by atoms with Gasteiger partial charge in [-0.1, -0.05) is 13.8 Å². The van der Waals surface area contributed by atoms with Crippen molar-refractivity contribution in [2.75, 3.05) is 13.1 Å². The molecule has 0 bridgehead atoms. The minimum Gasteiger partial charge on any atom is -0.311 e. The first-order valence-corrected chi connectivity index (χ1v) is 7.46. The Hall–Kier alpha value is -0.380. The van der Waals surface area contributed by atoms with Gasteiger partial charge in [-0.05, 0) is 36.8 Å². The Morgan fingerprint density at radius 3 is 2.88 bits per heavy atom. The van der Waals surface area contributed by atoms with Crippen LogP contribution in [0.1, 0.15) is 31.2 Å². The summed E-state index contributed by atoms with van der Waals surface area (Å²) < 4.78 is 0. The highest BCUT2D eigenvalue weighted by Gasteiger charge is 2.26. The topological polar surface area (TPSA) is 15.3 Å². The molecule has 0 aromatic carbocycles. The molecule has 0 radical (unpaired) electrons. The first-order chi connectivity index (χ1) is 8.08. The number of piperazine rings is 1. The maximum Gasteiger partial charge on any atom is 0.0334 e. The highest BCUT2D eigenvalue weighted by molar-refractivity contribution is 7.10. The van der Waals surface area contributed by atoms with Gasteiger partial charge in [-0.2, -0.15) is 0 Å². The maximum absolute atomic E-state index is 3.65. The van der Waals surface area contributed by atoms with Crippen molar-refractivity contribution >= 4 is 11.3 Å². The molecular weight excluding hydrogens is 228 g/mol. The number of aryl methyl sites for hydroxylation is 1. The van der Waals surface area contributed by atoms with E-state index in [0.717, 1.165) is 19.0 Å². The number of rotatable bonds is 3. The van der Waals surface area contributed by atoms with Crippen molar-refractivity contribution in [1.29, 1.82) is 0 Å². The monoisotopic (exact) mass is 252 g/mol. The van der Waals surface area contributed by atoms with Crippen LogP contribution in [0.2, 0.25) is 0 Å². The molecule has 1 aromatic rings. The Balaban J connectivity index is 2.01. The van der Waals surface area contributed by atoms with Crippen molar-refractivity contribution < 1.29 is 0 Å². The quantitative estimate of drug-likeness (QED) is 0.890. The molecule has 2 nitrogen and oxygen atoms in total. The third kappa shape index (κ3) is 3.09. The average Bonchev–Trinajstić information content (AvgIpc) is 2.67. The van der Waals surface area contributed by atoms with Gasteiger partial charge in [0, 0.05) is 36.6 Å². The molecular formula is C14H24N2S. The van der Waals surface area contributed by atoms with Gasteiger partial charge in [0.25, 0.3) is 0 Å². The summed E-state index contributed by atoms with van der Waals surface area (Å²) >= 11 is 1.89. The van der Waals surface area contributed by atoms with E-state index in [4.69, 9.17) is 0 Å². The second kappa shape index (κ2) is 5.51. The van der Waals surface area contributed by atoms with Gasteiger partial charge >= 0.3 is 0 Å². The third-order valence-electron chi connectivity index (χ3n) is 3.85. The Bertz CT molecular complexity index is 359. The van der Waals surface area contributed by atoms with Gasteiger partial charge in [-0.25, -0.2) is 0 Å². The Kier molecular flexibility index (Phi) is 4.23. The van der Waals surface area contributed by atoms with Gasteiger partial charge in [-0.3, -0.25) is 4.90 Å². The zero-order valence-corrected chi connectivity index (χ0v) is 12.2. The van der Waals surface area contributed by atoms with Crippen LogP contribution < -0.4 is 5.32 Å². The second-order valence-corrected chi connectivity index (χ2v) is 6.56. The van der Waals surface area contributed by atoms with Crippen molar-refractivity contribution in [3.05, 3.63) is 21.9 Å². The highest BCUT2D eigenvalue weighted by atomic mass is 32.1. The van der Waals surface area contributed by atoms with E-state index in [1.807, 2.05) is 11.3 Å². The highest BCUT2D eigenvalue weighted by Crippen LogP contribution is 2.21. The van der Waals surface area contributed by atoms with Crippen LogP contribution >= 0.6 is 11.3 Å². The Morgan fingerprint density at radius 1 is 1.53 bits per heavy atom. The molecule has 2 rings (SSSR count). The van der Waals surface area contributed by atoms with Crippen LogP contribution in [-0.4, -0.2) is 30.1 Å². The molecule has 1 saturated heterocycles. The molecule has 1 aliphatic rings. The van der Waals surface area contributed by atoms with Crippen molar-refractivity contribution in [1.82, 2.24) is 10.2 Å². The number of nitrogens with one attached hydrogen (secondary N) is 1. The molecule has 2 atom stereocenters. The normalized spacial score (nSPS) is 26.6. The smallest absolute Gasteiger partial charge is 0.0334 e. The lowest BCUT2D eigenvalue weighted by molar-refractivity contribution is 0.117. The molecule has 1 aliphatic heterocycles. The minimum absolute atomic E-state index is 0.645. The predicted octanol–water partition coefficient (Wildman–Crippen LogP) is 2.87. The standard InChI is InChI=1S/C14H24N2S/c1-10(2)13-8-16(12(4)7-15-13)9-14-11(3)5-6-17-14/h5-6,10,12-13,15H,7-9H2,1-4H3. The van der Waals surface area contributed by atoms with E-state index in [9.17, 15) is 0 Å². The number of nitrogens with zero attached hydrogens (tertiary/aromatic N) is 1. The molecule has 2 unspecified atom stereocenters. The predicted molar refractivity (Wildman–Crippen MR) is 75.6 cm³/mol. The summed E-state index contributed by atoms with van der Waals surface area (Å²) in [5.41, 5.74) is 1.45. The summed E-state index contributed by atoms with van der Waals surface area (Å²) in [6, 6.07) is 3.52. The molecule has 0 amide bonds. The average molecular weight is 252 g/mol. The van der Waals surface area contributed by atoms with E-state index < -0.39 is 0 Å². The molecule has 96 valence electrons. The van der Waals surface area contributed by atoms with Gasteiger partial charge < -0.3 is 5.32 Å². The summed E-state index contributed by atoms with van der Waals surface area (Å²) in [6.45, 7) is 12.6. The first kappa shape index (κ1) is 13.1. The van der Waals surface area contributed by atoms with Gasteiger partial charge in [0.05, 0.1) is 0 Å². The molecule has 0 aliphatic carbocycles. The molecule has 3 heteroatoms. The summed E-state index contributed by atoms with van der Waals surface area (Å²) in [5, 5.41) is 5.86. The van der Waals surface area contributed by atoms with Crippen LogP contribution in [0.5, 0.6) is 0 Å². The van der Waals surface area contributed by atoms with Crippen molar-refractivity contribution in [3.63, 3.8) is 0 Å². The zero-order chi connectivity index (χ0) is 12.4. The van der Waals surface area contributed by atoms with Gasteiger partial charge in [0.2, 0.25) is 0 Å². The fraction of sp³-hybridized carbons (Fsp3) is 0.714. The molecule has 2 heterocycles. The van der Waals surface area contributed by atoms with Crippen LogP contribution in [0.3, 0.4) is 0 Å². The van der Waals surface area contributed by atoms with Crippen molar-refractivity contribution in [3.8, 4) is 0 Å². The largest absolute Gasteiger partial charge is 0.311 e. The summed E-state index contributed by atoms with van der Waals surface area (Å²) in [7, 11) is 0. The van der Waals surface area contributed by atoms with Crippen molar-refractivity contribution in [2.24, 2.45) is 5.92 Å².